The monoisotopic (exact) mass is 409 g/mol. The third-order valence-electron chi connectivity index (χ3n) is 3.98. The molecule has 0 aliphatic rings. The van der Waals surface area contributed by atoms with Crippen LogP contribution in [0.5, 0.6) is 5.75 Å². The second-order valence-electron chi connectivity index (χ2n) is 6.07. The van der Waals surface area contributed by atoms with Gasteiger partial charge in [0.25, 0.3) is 17.7 Å². The van der Waals surface area contributed by atoms with Crippen molar-refractivity contribution in [2.75, 3.05) is 18.4 Å². The van der Waals surface area contributed by atoms with Gasteiger partial charge >= 0.3 is 0 Å². The van der Waals surface area contributed by atoms with Gasteiger partial charge in [0.05, 0.1) is 4.88 Å². The van der Waals surface area contributed by atoms with Crippen molar-refractivity contribution in [1.82, 2.24) is 10.6 Å². The van der Waals surface area contributed by atoms with Crippen LogP contribution in [0, 0.1) is 0 Å². The summed E-state index contributed by atoms with van der Waals surface area (Å²) in [6, 6.07) is 16.0. The molecule has 0 radical (unpaired) electrons. The highest BCUT2D eigenvalue weighted by molar-refractivity contribution is 7.12. The van der Waals surface area contributed by atoms with E-state index in [0.717, 1.165) is 0 Å². The molecule has 0 bridgehead atoms. The van der Waals surface area contributed by atoms with Gasteiger partial charge < -0.3 is 21.1 Å². The molecule has 0 spiro atoms. The van der Waals surface area contributed by atoms with Crippen LogP contribution in [0.4, 0.5) is 5.69 Å². The number of carbonyl (C=O) groups excluding carboxylic acids is 3. The lowest BCUT2D eigenvalue weighted by Crippen LogP contribution is -2.34. The molecule has 2 aromatic carbocycles. The van der Waals surface area contributed by atoms with E-state index in [1.165, 1.54) is 35.6 Å². The predicted molar refractivity (Wildman–Crippen MR) is 111 cm³/mol. The van der Waals surface area contributed by atoms with E-state index >= 15 is 0 Å². The molecule has 7 nitrogen and oxygen atoms in total. The first-order chi connectivity index (χ1) is 14.0. The molecule has 1 aromatic heterocycles. The van der Waals surface area contributed by atoms with Gasteiger partial charge in [-0.05, 0) is 60.0 Å². The van der Waals surface area contributed by atoms with E-state index in [4.69, 9.17) is 0 Å². The summed E-state index contributed by atoms with van der Waals surface area (Å²) in [6.07, 6.45) is 0. The van der Waals surface area contributed by atoms with Crippen LogP contribution < -0.4 is 16.0 Å². The smallest absolute Gasteiger partial charge is 0.265 e. The van der Waals surface area contributed by atoms with E-state index in [1.54, 1.807) is 36.4 Å². The molecule has 3 rings (SSSR count). The fourth-order valence-electron chi connectivity index (χ4n) is 2.47. The molecular formula is C21H19N3O4S. The lowest BCUT2D eigenvalue weighted by Gasteiger charge is -2.08. The Morgan fingerprint density at radius 2 is 1.31 bits per heavy atom. The number of hydrogen-bond acceptors (Lipinski definition) is 5. The van der Waals surface area contributed by atoms with Gasteiger partial charge in [0.2, 0.25) is 0 Å². The van der Waals surface area contributed by atoms with Crippen molar-refractivity contribution < 1.29 is 19.5 Å². The van der Waals surface area contributed by atoms with Crippen molar-refractivity contribution in [1.29, 1.82) is 0 Å². The quantitative estimate of drug-likeness (QED) is 0.450. The topological polar surface area (TPSA) is 108 Å². The van der Waals surface area contributed by atoms with Crippen molar-refractivity contribution in [2.24, 2.45) is 0 Å². The number of anilines is 1. The average molecular weight is 409 g/mol. The highest BCUT2D eigenvalue weighted by atomic mass is 32.1. The van der Waals surface area contributed by atoms with Gasteiger partial charge in [-0.15, -0.1) is 11.3 Å². The van der Waals surface area contributed by atoms with Crippen LogP contribution in [0.3, 0.4) is 0 Å². The van der Waals surface area contributed by atoms with E-state index in [9.17, 15) is 19.5 Å². The van der Waals surface area contributed by atoms with Crippen molar-refractivity contribution in [3.8, 4) is 5.75 Å². The Bertz CT molecular complexity index is 984. The Morgan fingerprint density at radius 3 is 1.83 bits per heavy atom. The number of amides is 3. The van der Waals surface area contributed by atoms with E-state index < -0.39 is 0 Å². The SMILES string of the molecule is O=C(NCCNC(=O)c1ccc(NC(=O)c2cccs2)cc1)c1ccc(O)cc1. The van der Waals surface area contributed by atoms with Crippen LogP contribution in [-0.4, -0.2) is 35.9 Å². The van der Waals surface area contributed by atoms with Crippen LogP contribution in [0.2, 0.25) is 0 Å². The lowest BCUT2D eigenvalue weighted by atomic mass is 10.2. The molecule has 0 saturated heterocycles. The molecule has 29 heavy (non-hydrogen) atoms. The molecule has 3 amide bonds. The van der Waals surface area contributed by atoms with E-state index in [0.29, 0.717) is 21.7 Å². The normalized spacial score (nSPS) is 10.2. The second kappa shape index (κ2) is 9.52. The summed E-state index contributed by atoms with van der Waals surface area (Å²) in [6.45, 7) is 0.528. The molecule has 8 heteroatoms. The molecule has 0 fully saturated rings. The average Bonchev–Trinajstić information content (AvgIpc) is 3.27. The first-order valence-electron chi connectivity index (χ1n) is 8.83. The maximum absolute atomic E-state index is 12.2. The number of hydrogen-bond donors (Lipinski definition) is 4. The summed E-state index contributed by atoms with van der Waals surface area (Å²) in [5, 5.41) is 19.2. The molecule has 148 valence electrons. The Kier molecular flexibility index (Phi) is 6.59. The summed E-state index contributed by atoms with van der Waals surface area (Å²) in [4.78, 5) is 36.7. The standard InChI is InChI=1S/C21H19N3O4S/c25-17-9-5-15(6-10-17)20(27)23-12-11-22-19(26)14-3-7-16(8-4-14)24-21(28)18-2-1-13-29-18/h1-10,13,25H,11-12H2,(H,22,26)(H,23,27)(H,24,28). The Labute approximate surface area is 171 Å². The minimum atomic E-state index is -0.287. The zero-order chi connectivity index (χ0) is 20.6. The lowest BCUT2D eigenvalue weighted by molar-refractivity contribution is 0.0927. The number of carbonyl (C=O) groups is 3. The van der Waals surface area contributed by atoms with Crippen molar-refractivity contribution in [3.63, 3.8) is 0 Å². The zero-order valence-corrected chi connectivity index (χ0v) is 16.2. The molecule has 0 saturated carbocycles. The molecule has 4 N–H and O–H groups in total. The van der Waals surface area contributed by atoms with Gasteiger partial charge in [0.15, 0.2) is 0 Å². The molecule has 0 aliphatic heterocycles. The van der Waals surface area contributed by atoms with Crippen LogP contribution in [0.15, 0.2) is 66.0 Å². The first-order valence-corrected chi connectivity index (χ1v) is 9.71. The summed E-state index contributed by atoms with van der Waals surface area (Å²) < 4.78 is 0. The van der Waals surface area contributed by atoms with E-state index in [-0.39, 0.29) is 36.6 Å². The molecule has 0 aliphatic carbocycles. The van der Waals surface area contributed by atoms with Gasteiger partial charge in [-0.25, -0.2) is 0 Å². The predicted octanol–water partition coefficient (Wildman–Crippen LogP) is 2.87. The van der Waals surface area contributed by atoms with Crippen LogP contribution in [-0.2, 0) is 0 Å². The highest BCUT2D eigenvalue weighted by Gasteiger charge is 2.09. The maximum atomic E-state index is 12.2. The zero-order valence-electron chi connectivity index (χ0n) is 15.3. The Balaban J connectivity index is 1.43. The number of aromatic hydroxyl groups is 1. The van der Waals surface area contributed by atoms with E-state index in [1.807, 2.05) is 5.38 Å². The summed E-state index contributed by atoms with van der Waals surface area (Å²) in [5.74, 6) is -0.669. The minimum Gasteiger partial charge on any atom is -0.508 e. The summed E-state index contributed by atoms with van der Waals surface area (Å²) in [7, 11) is 0. The molecule has 1 heterocycles. The van der Waals surface area contributed by atoms with Crippen molar-refractivity contribution in [2.45, 2.75) is 0 Å². The largest absolute Gasteiger partial charge is 0.508 e. The van der Waals surface area contributed by atoms with Gasteiger partial charge in [0.1, 0.15) is 5.75 Å². The molecule has 0 atom stereocenters. The molecule has 0 unspecified atom stereocenters. The second-order valence-corrected chi connectivity index (χ2v) is 7.02. The molecule has 3 aromatic rings. The third-order valence-corrected chi connectivity index (χ3v) is 4.84. The van der Waals surface area contributed by atoms with E-state index in [2.05, 4.69) is 16.0 Å². The number of rotatable bonds is 7. The van der Waals surface area contributed by atoms with Crippen LogP contribution in [0.1, 0.15) is 30.4 Å². The first kappa shape index (κ1) is 20.1. The molecular weight excluding hydrogens is 390 g/mol. The minimum absolute atomic E-state index is 0.0888. The highest BCUT2D eigenvalue weighted by Crippen LogP contribution is 2.14. The van der Waals surface area contributed by atoms with Crippen molar-refractivity contribution >= 4 is 34.7 Å². The maximum Gasteiger partial charge on any atom is 0.265 e. The Hall–Kier alpha value is -3.65. The number of thiophene rings is 1. The van der Waals surface area contributed by atoms with Crippen LogP contribution in [0.25, 0.3) is 0 Å². The van der Waals surface area contributed by atoms with Gasteiger partial charge in [-0.2, -0.15) is 0 Å². The number of phenols is 1. The van der Waals surface area contributed by atoms with Gasteiger partial charge in [-0.1, -0.05) is 6.07 Å². The van der Waals surface area contributed by atoms with Crippen LogP contribution >= 0.6 is 11.3 Å². The third kappa shape index (κ3) is 5.66. The number of nitrogens with one attached hydrogen (secondary N) is 3. The van der Waals surface area contributed by atoms with Crippen molar-refractivity contribution in [3.05, 3.63) is 82.0 Å². The van der Waals surface area contributed by atoms with Gasteiger partial charge in [-0.3, -0.25) is 14.4 Å². The number of phenolic OH excluding ortho intramolecular Hbond substituents is 1. The fraction of sp³-hybridized carbons (Fsp3) is 0.0952. The summed E-state index contributed by atoms with van der Waals surface area (Å²) >= 11 is 1.35. The fourth-order valence-corrected chi connectivity index (χ4v) is 3.09. The van der Waals surface area contributed by atoms with Gasteiger partial charge in [0, 0.05) is 29.9 Å². The summed E-state index contributed by atoms with van der Waals surface area (Å²) in [5.41, 5.74) is 1.47. The number of benzene rings is 2. The Morgan fingerprint density at radius 1 is 0.759 bits per heavy atom.